The number of rotatable bonds is 9. The van der Waals surface area contributed by atoms with E-state index < -0.39 is 0 Å². The molecule has 0 aliphatic carbocycles. The molecule has 1 aromatic heterocycles. The van der Waals surface area contributed by atoms with Gasteiger partial charge in [-0.05, 0) is 43.9 Å². The highest BCUT2D eigenvalue weighted by Gasteiger charge is 2.04. The first-order valence-corrected chi connectivity index (χ1v) is 7.96. The molecule has 0 aliphatic rings. The van der Waals surface area contributed by atoms with Crippen molar-refractivity contribution in [3.05, 3.63) is 47.8 Å². The number of benzene rings is 1. The highest BCUT2D eigenvalue weighted by Crippen LogP contribution is 2.14. The molecule has 1 atom stereocenters. The van der Waals surface area contributed by atoms with E-state index in [2.05, 4.69) is 53.7 Å². The van der Waals surface area contributed by atoms with Gasteiger partial charge >= 0.3 is 0 Å². The summed E-state index contributed by atoms with van der Waals surface area (Å²) in [6.45, 7) is 6.35. The van der Waals surface area contributed by atoms with Crippen LogP contribution >= 0.6 is 0 Å². The van der Waals surface area contributed by atoms with Crippen molar-refractivity contribution in [3.8, 4) is 0 Å². The molecule has 4 nitrogen and oxygen atoms in total. The fourth-order valence-corrected chi connectivity index (χ4v) is 2.38. The molecule has 0 saturated heterocycles. The van der Waals surface area contributed by atoms with Crippen LogP contribution in [-0.4, -0.2) is 21.5 Å². The number of nitrogens with one attached hydrogen (secondary N) is 1. The molecule has 0 amide bonds. The molecular weight excluding hydrogens is 260 g/mol. The minimum atomic E-state index is 0.390. The molecule has 1 aromatic carbocycles. The lowest BCUT2D eigenvalue weighted by atomic mass is 10.0. The van der Waals surface area contributed by atoms with E-state index in [9.17, 15) is 0 Å². The van der Waals surface area contributed by atoms with Crippen molar-refractivity contribution in [2.45, 2.75) is 52.1 Å². The maximum Gasteiger partial charge on any atom is 0.0692 e. The predicted molar refractivity (Wildman–Crippen MR) is 86.1 cm³/mol. The Labute approximate surface area is 127 Å². The molecule has 2 aromatic rings. The van der Waals surface area contributed by atoms with Crippen LogP contribution in [0.2, 0.25) is 0 Å². The zero-order valence-corrected chi connectivity index (χ0v) is 13.1. The maximum absolute atomic E-state index is 3.96. The minimum absolute atomic E-state index is 0.390. The summed E-state index contributed by atoms with van der Waals surface area (Å²) in [5.74, 6) is 0. The van der Waals surface area contributed by atoms with E-state index in [4.69, 9.17) is 0 Å². The standard InChI is InChI=1S/C17H26N4/c1-3-4-6-16-7-9-17(10-8-16)15(2)18-11-5-13-21-14-12-19-20-21/h7-10,12,14-15,18H,3-6,11,13H2,1-2H3. The van der Waals surface area contributed by atoms with Gasteiger partial charge in [-0.15, -0.1) is 5.10 Å². The predicted octanol–water partition coefficient (Wildman–Crippen LogP) is 3.36. The summed E-state index contributed by atoms with van der Waals surface area (Å²) in [7, 11) is 0. The second kappa shape index (κ2) is 8.57. The van der Waals surface area contributed by atoms with Crippen molar-refractivity contribution in [1.29, 1.82) is 0 Å². The average molecular weight is 286 g/mol. The van der Waals surface area contributed by atoms with Crippen molar-refractivity contribution in [2.75, 3.05) is 6.54 Å². The van der Waals surface area contributed by atoms with Crippen molar-refractivity contribution in [3.63, 3.8) is 0 Å². The van der Waals surface area contributed by atoms with Crippen LogP contribution in [0.4, 0.5) is 0 Å². The fourth-order valence-electron chi connectivity index (χ4n) is 2.38. The van der Waals surface area contributed by atoms with Gasteiger partial charge in [0.1, 0.15) is 0 Å². The summed E-state index contributed by atoms with van der Waals surface area (Å²) in [5.41, 5.74) is 2.80. The molecule has 0 bridgehead atoms. The average Bonchev–Trinajstić information content (AvgIpc) is 3.03. The molecule has 0 fully saturated rings. The molecule has 0 radical (unpaired) electrons. The summed E-state index contributed by atoms with van der Waals surface area (Å²) in [6.07, 6.45) is 8.40. The van der Waals surface area contributed by atoms with Crippen molar-refractivity contribution in [1.82, 2.24) is 20.3 Å². The molecule has 0 spiro atoms. The van der Waals surface area contributed by atoms with Gasteiger partial charge in [0, 0.05) is 18.8 Å². The van der Waals surface area contributed by atoms with Crippen LogP contribution in [0.3, 0.4) is 0 Å². The van der Waals surface area contributed by atoms with Crippen LogP contribution in [0.15, 0.2) is 36.7 Å². The lowest BCUT2D eigenvalue weighted by Gasteiger charge is -2.14. The molecule has 114 valence electrons. The summed E-state index contributed by atoms with van der Waals surface area (Å²) in [4.78, 5) is 0. The zero-order valence-electron chi connectivity index (χ0n) is 13.1. The van der Waals surface area contributed by atoms with Gasteiger partial charge in [0.2, 0.25) is 0 Å². The summed E-state index contributed by atoms with van der Waals surface area (Å²) in [5, 5.41) is 11.3. The normalized spacial score (nSPS) is 12.5. The largest absolute Gasteiger partial charge is 0.310 e. The molecule has 0 aliphatic heterocycles. The zero-order chi connectivity index (χ0) is 14.9. The van der Waals surface area contributed by atoms with Gasteiger partial charge in [0.05, 0.1) is 6.20 Å². The highest BCUT2D eigenvalue weighted by atomic mass is 15.4. The number of aryl methyl sites for hydroxylation is 2. The monoisotopic (exact) mass is 286 g/mol. The van der Waals surface area contributed by atoms with E-state index in [-0.39, 0.29) is 0 Å². The fraction of sp³-hybridized carbons (Fsp3) is 0.529. The summed E-state index contributed by atoms with van der Waals surface area (Å²) in [6, 6.07) is 9.41. The van der Waals surface area contributed by atoms with E-state index in [1.165, 1.54) is 30.4 Å². The van der Waals surface area contributed by atoms with Crippen LogP contribution in [0.5, 0.6) is 0 Å². The topological polar surface area (TPSA) is 42.7 Å². The summed E-state index contributed by atoms with van der Waals surface area (Å²) >= 11 is 0. The van der Waals surface area contributed by atoms with Crippen molar-refractivity contribution < 1.29 is 0 Å². The molecule has 0 saturated carbocycles. The number of hydrogen-bond acceptors (Lipinski definition) is 3. The number of nitrogens with zero attached hydrogens (tertiary/aromatic N) is 3. The quantitative estimate of drug-likeness (QED) is 0.719. The maximum atomic E-state index is 3.96. The third-order valence-corrected chi connectivity index (χ3v) is 3.79. The van der Waals surface area contributed by atoms with E-state index in [0.717, 1.165) is 19.5 Å². The van der Waals surface area contributed by atoms with Crippen molar-refractivity contribution in [2.24, 2.45) is 0 Å². The second-order valence-electron chi connectivity index (χ2n) is 5.54. The first kappa shape index (κ1) is 15.7. The lowest BCUT2D eigenvalue weighted by Crippen LogP contribution is -2.21. The van der Waals surface area contributed by atoms with Crippen LogP contribution in [0.25, 0.3) is 0 Å². The number of aromatic nitrogens is 3. The third kappa shape index (κ3) is 5.31. The Morgan fingerprint density at radius 1 is 1.19 bits per heavy atom. The molecule has 1 heterocycles. The Kier molecular flexibility index (Phi) is 6.41. The first-order chi connectivity index (χ1) is 10.3. The highest BCUT2D eigenvalue weighted by molar-refractivity contribution is 5.24. The SMILES string of the molecule is CCCCc1ccc(C(C)NCCCn2ccnn2)cc1. The lowest BCUT2D eigenvalue weighted by molar-refractivity contribution is 0.499. The Morgan fingerprint density at radius 2 is 2.00 bits per heavy atom. The van der Waals surface area contributed by atoms with Crippen LogP contribution in [0.1, 0.15) is 50.3 Å². The van der Waals surface area contributed by atoms with Gasteiger partial charge < -0.3 is 5.32 Å². The Balaban J connectivity index is 1.71. The first-order valence-electron chi connectivity index (χ1n) is 7.96. The number of unbranched alkanes of at least 4 members (excludes halogenated alkanes) is 1. The van der Waals surface area contributed by atoms with Gasteiger partial charge in [0.25, 0.3) is 0 Å². The number of hydrogen-bond donors (Lipinski definition) is 1. The Hall–Kier alpha value is -1.68. The summed E-state index contributed by atoms with van der Waals surface area (Å²) < 4.78 is 1.87. The third-order valence-electron chi connectivity index (χ3n) is 3.79. The van der Waals surface area contributed by atoms with Gasteiger partial charge in [-0.1, -0.05) is 42.8 Å². The van der Waals surface area contributed by atoms with Gasteiger partial charge in [-0.3, -0.25) is 4.68 Å². The second-order valence-corrected chi connectivity index (χ2v) is 5.54. The van der Waals surface area contributed by atoms with E-state index in [1.54, 1.807) is 6.20 Å². The molecule has 21 heavy (non-hydrogen) atoms. The molecular formula is C17H26N4. The van der Waals surface area contributed by atoms with Crippen LogP contribution < -0.4 is 5.32 Å². The Bertz CT molecular complexity index is 490. The molecule has 4 heteroatoms. The van der Waals surface area contributed by atoms with E-state index in [0.29, 0.717) is 6.04 Å². The van der Waals surface area contributed by atoms with E-state index >= 15 is 0 Å². The Morgan fingerprint density at radius 3 is 2.67 bits per heavy atom. The van der Waals surface area contributed by atoms with Crippen LogP contribution in [-0.2, 0) is 13.0 Å². The molecule has 1 N–H and O–H groups in total. The van der Waals surface area contributed by atoms with Crippen molar-refractivity contribution >= 4 is 0 Å². The smallest absolute Gasteiger partial charge is 0.0692 e. The van der Waals surface area contributed by atoms with Gasteiger partial charge in [-0.25, -0.2) is 0 Å². The van der Waals surface area contributed by atoms with Gasteiger partial charge in [-0.2, -0.15) is 0 Å². The van der Waals surface area contributed by atoms with Crippen LogP contribution in [0, 0.1) is 0 Å². The van der Waals surface area contributed by atoms with Gasteiger partial charge in [0.15, 0.2) is 0 Å². The van der Waals surface area contributed by atoms with E-state index in [1.807, 2.05) is 10.9 Å². The molecule has 2 rings (SSSR count). The molecule has 1 unspecified atom stereocenters. The minimum Gasteiger partial charge on any atom is -0.310 e.